The number of anilines is 2. The van der Waals surface area contributed by atoms with Crippen LogP contribution in [0.25, 0.3) is 12.2 Å². The summed E-state index contributed by atoms with van der Waals surface area (Å²) in [4.78, 5) is 9.76. The molecule has 2 aromatic rings. The summed E-state index contributed by atoms with van der Waals surface area (Å²) in [6, 6.07) is 17.7. The quantitative estimate of drug-likeness (QED) is 0.0634. The SMILES string of the molecule is CCCCCCCCCCCCN(CCCCCCCCCCCC)CCCCCCN(C/C=C/c1ccc(N(C)C)cc1)C/C=C/c1ccc(N(C)C)cc1. The fourth-order valence-corrected chi connectivity index (χ4v) is 7.71. The van der Waals surface area contributed by atoms with E-state index in [0.29, 0.717) is 0 Å². The van der Waals surface area contributed by atoms with Gasteiger partial charge in [-0.15, -0.1) is 0 Å². The summed E-state index contributed by atoms with van der Waals surface area (Å²) in [7, 11) is 8.40. The Balaban J connectivity index is 1.80. The smallest absolute Gasteiger partial charge is 0.0361 e. The van der Waals surface area contributed by atoms with Gasteiger partial charge in [-0.1, -0.05) is 191 Å². The number of hydrogen-bond acceptors (Lipinski definition) is 4. The third kappa shape index (κ3) is 26.4. The Hall–Kier alpha value is -2.56. The molecule has 0 amide bonds. The van der Waals surface area contributed by atoms with Crippen molar-refractivity contribution in [1.29, 1.82) is 0 Å². The molecule has 318 valence electrons. The Morgan fingerprint density at radius 3 is 0.893 bits per heavy atom. The lowest BCUT2D eigenvalue weighted by Crippen LogP contribution is -2.27. The van der Waals surface area contributed by atoms with E-state index in [1.165, 1.54) is 196 Å². The normalized spacial score (nSPS) is 11.9. The van der Waals surface area contributed by atoms with Gasteiger partial charge in [0.05, 0.1) is 0 Å². The van der Waals surface area contributed by atoms with Crippen LogP contribution in [0.5, 0.6) is 0 Å². The van der Waals surface area contributed by atoms with E-state index in [2.05, 4.69) is 134 Å². The predicted molar refractivity (Wildman–Crippen MR) is 255 cm³/mol. The molecule has 2 aromatic carbocycles. The molecule has 0 radical (unpaired) electrons. The van der Waals surface area contributed by atoms with E-state index in [4.69, 9.17) is 0 Å². The van der Waals surface area contributed by atoms with Crippen molar-refractivity contribution < 1.29 is 0 Å². The van der Waals surface area contributed by atoms with Crippen LogP contribution in [0.4, 0.5) is 11.4 Å². The van der Waals surface area contributed by atoms with Gasteiger partial charge in [0.25, 0.3) is 0 Å². The monoisotopic (exact) mass is 771 g/mol. The molecule has 2 rings (SSSR count). The van der Waals surface area contributed by atoms with Crippen molar-refractivity contribution in [2.24, 2.45) is 0 Å². The van der Waals surface area contributed by atoms with Gasteiger partial charge in [0.1, 0.15) is 0 Å². The molecule has 4 nitrogen and oxygen atoms in total. The highest BCUT2D eigenvalue weighted by atomic mass is 15.1. The molecule has 0 aliphatic carbocycles. The first-order chi connectivity index (χ1) is 27.4. The molecule has 0 aliphatic rings. The number of benzene rings is 2. The minimum atomic E-state index is 0.977. The summed E-state index contributed by atoms with van der Waals surface area (Å²) in [6.07, 6.45) is 43.1. The Morgan fingerprint density at radius 2 is 0.607 bits per heavy atom. The van der Waals surface area contributed by atoms with E-state index in [-0.39, 0.29) is 0 Å². The molecule has 0 unspecified atom stereocenters. The molecular formula is C52H90N4. The van der Waals surface area contributed by atoms with Gasteiger partial charge in [0, 0.05) is 52.7 Å². The van der Waals surface area contributed by atoms with Crippen LogP contribution in [0.1, 0.15) is 179 Å². The number of hydrogen-bond donors (Lipinski definition) is 0. The fraction of sp³-hybridized carbons (Fsp3) is 0.692. The zero-order valence-electron chi connectivity index (χ0n) is 37.9. The van der Waals surface area contributed by atoms with E-state index in [1.54, 1.807) is 0 Å². The van der Waals surface area contributed by atoms with Gasteiger partial charge >= 0.3 is 0 Å². The van der Waals surface area contributed by atoms with Crippen molar-refractivity contribution in [3.8, 4) is 0 Å². The van der Waals surface area contributed by atoms with Crippen molar-refractivity contribution in [3.63, 3.8) is 0 Å². The topological polar surface area (TPSA) is 13.0 Å². The van der Waals surface area contributed by atoms with Crippen LogP contribution in [0.2, 0.25) is 0 Å². The number of nitrogens with zero attached hydrogens (tertiary/aromatic N) is 4. The standard InChI is InChI=1S/C52H90N4/c1-7-9-11-13-15-17-19-21-23-27-43-55(44-28-24-22-20-18-16-14-12-10-8-2)45-29-25-26-30-46-56(47-31-33-49-35-39-51(40-36-49)53(3)4)48-32-34-50-37-41-52(42-38-50)54(5)6/h31-42H,7-30,43-48H2,1-6H3/b33-31+,34-32+. The molecule has 0 saturated carbocycles. The van der Waals surface area contributed by atoms with Gasteiger partial charge < -0.3 is 14.7 Å². The average Bonchev–Trinajstić information content (AvgIpc) is 3.20. The van der Waals surface area contributed by atoms with E-state index in [0.717, 1.165) is 19.6 Å². The summed E-state index contributed by atoms with van der Waals surface area (Å²) < 4.78 is 0. The minimum Gasteiger partial charge on any atom is -0.378 e. The van der Waals surface area contributed by atoms with Gasteiger partial charge in [-0.05, 0) is 87.3 Å². The molecule has 0 bridgehead atoms. The van der Waals surface area contributed by atoms with Gasteiger partial charge in [-0.2, -0.15) is 0 Å². The summed E-state index contributed by atoms with van der Waals surface area (Å²) in [5, 5.41) is 0. The molecule has 0 aliphatic heterocycles. The highest BCUT2D eigenvalue weighted by Crippen LogP contribution is 2.17. The molecular weight excluding hydrogens is 681 g/mol. The van der Waals surface area contributed by atoms with E-state index in [9.17, 15) is 0 Å². The van der Waals surface area contributed by atoms with Crippen LogP contribution >= 0.6 is 0 Å². The highest BCUT2D eigenvalue weighted by Gasteiger charge is 2.07. The van der Waals surface area contributed by atoms with Crippen molar-refractivity contribution in [2.75, 3.05) is 77.3 Å². The number of rotatable bonds is 37. The summed E-state index contributed by atoms with van der Waals surface area (Å²) >= 11 is 0. The Labute approximate surface area is 349 Å². The van der Waals surface area contributed by atoms with Crippen molar-refractivity contribution in [2.45, 2.75) is 168 Å². The van der Waals surface area contributed by atoms with E-state index < -0.39 is 0 Å². The molecule has 0 N–H and O–H groups in total. The first-order valence-electron chi connectivity index (χ1n) is 23.8. The molecule has 0 heterocycles. The van der Waals surface area contributed by atoms with Gasteiger partial charge in [0.15, 0.2) is 0 Å². The maximum absolute atomic E-state index is 2.84. The van der Waals surface area contributed by atoms with Gasteiger partial charge in [-0.25, -0.2) is 0 Å². The molecule has 0 spiro atoms. The minimum absolute atomic E-state index is 0.977. The maximum Gasteiger partial charge on any atom is 0.0361 e. The Bertz CT molecular complexity index is 1110. The van der Waals surface area contributed by atoms with E-state index in [1.807, 2.05) is 0 Å². The lowest BCUT2D eigenvalue weighted by Gasteiger charge is -2.23. The third-order valence-corrected chi connectivity index (χ3v) is 11.5. The first kappa shape index (κ1) is 49.6. The fourth-order valence-electron chi connectivity index (χ4n) is 7.71. The largest absolute Gasteiger partial charge is 0.378 e. The van der Waals surface area contributed by atoms with Crippen LogP contribution in [-0.4, -0.2) is 77.3 Å². The lowest BCUT2D eigenvalue weighted by atomic mass is 10.1. The van der Waals surface area contributed by atoms with Crippen molar-refractivity contribution in [1.82, 2.24) is 9.80 Å². The van der Waals surface area contributed by atoms with E-state index >= 15 is 0 Å². The first-order valence-corrected chi connectivity index (χ1v) is 23.8. The van der Waals surface area contributed by atoms with Crippen LogP contribution in [0, 0.1) is 0 Å². The summed E-state index contributed by atoms with van der Waals surface area (Å²) in [5.41, 5.74) is 5.03. The third-order valence-electron chi connectivity index (χ3n) is 11.5. The van der Waals surface area contributed by atoms with Crippen molar-refractivity contribution in [3.05, 3.63) is 71.8 Å². The molecule has 0 atom stereocenters. The average molecular weight is 771 g/mol. The van der Waals surface area contributed by atoms with Crippen molar-refractivity contribution >= 4 is 23.5 Å². The lowest BCUT2D eigenvalue weighted by molar-refractivity contribution is 0.252. The zero-order chi connectivity index (χ0) is 40.3. The van der Waals surface area contributed by atoms with Crippen LogP contribution in [-0.2, 0) is 0 Å². The van der Waals surface area contributed by atoms with Gasteiger partial charge in [0.2, 0.25) is 0 Å². The van der Waals surface area contributed by atoms with Crippen LogP contribution in [0.3, 0.4) is 0 Å². The molecule has 0 fully saturated rings. The zero-order valence-corrected chi connectivity index (χ0v) is 37.9. The second-order valence-electron chi connectivity index (χ2n) is 17.2. The maximum atomic E-state index is 2.84. The molecule has 0 saturated heterocycles. The molecule has 0 aromatic heterocycles. The van der Waals surface area contributed by atoms with Crippen LogP contribution in [0.15, 0.2) is 60.7 Å². The summed E-state index contributed by atoms with van der Waals surface area (Å²) in [5.74, 6) is 0. The Kier molecular flexibility index (Phi) is 30.5. The molecule has 4 heteroatoms. The number of unbranched alkanes of at least 4 members (excludes halogenated alkanes) is 21. The second kappa shape index (κ2) is 34.5. The Morgan fingerprint density at radius 1 is 0.339 bits per heavy atom. The predicted octanol–water partition coefficient (Wildman–Crippen LogP) is 14.6. The highest BCUT2D eigenvalue weighted by molar-refractivity contribution is 5.56. The van der Waals surface area contributed by atoms with Gasteiger partial charge in [-0.3, -0.25) is 4.90 Å². The second-order valence-corrected chi connectivity index (χ2v) is 17.2. The summed E-state index contributed by atoms with van der Waals surface area (Å²) in [6.45, 7) is 11.7. The van der Waals surface area contributed by atoms with Crippen LogP contribution < -0.4 is 9.80 Å². The molecule has 56 heavy (non-hydrogen) atoms.